The van der Waals surface area contributed by atoms with Crippen LogP contribution in [-0.2, 0) is 9.59 Å². The van der Waals surface area contributed by atoms with E-state index in [9.17, 15) is 22.8 Å². The standard InChI is InChI=1S/C21H22F3N3O2/c1-26(13-17(28)25-16-10-9-15(22)18(23)19(16)24)20(14-7-3-2-4-8-14)21(29)27-11-5-6-12-27/h2-4,7-10,20H,5-6,11-13H2,1H3,(H,25,28)/p+1/t20-/m1/s1. The molecular weight excluding hydrogens is 383 g/mol. The third kappa shape index (κ3) is 4.76. The van der Waals surface area contributed by atoms with Crippen LogP contribution in [0.5, 0.6) is 0 Å². The minimum atomic E-state index is -1.64. The van der Waals surface area contributed by atoms with Crippen molar-refractivity contribution in [2.75, 3.05) is 32.0 Å². The molecule has 2 aromatic rings. The lowest BCUT2D eigenvalue weighted by atomic mass is 10.0. The Morgan fingerprint density at radius 3 is 2.34 bits per heavy atom. The van der Waals surface area contributed by atoms with Crippen LogP contribution < -0.4 is 10.2 Å². The first-order chi connectivity index (χ1) is 13.9. The normalized spacial score (nSPS) is 15.8. The van der Waals surface area contributed by atoms with E-state index >= 15 is 0 Å². The van der Waals surface area contributed by atoms with Gasteiger partial charge < -0.3 is 15.1 Å². The second kappa shape index (κ2) is 9.09. The summed E-state index contributed by atoms with van der Waals surface area (Å²) in [6.45, 7) is 1.21. The van der Waals surface area contributed by atoms with Gasteiger partial charge in [0.25, 0.3) is 11.8 Å². The summed E-state index contributed by atoms with van der Waals surface area (Å²) in [4.78, 5) is 27.9. The van der Waals surface area contributed by atoms with E-state index in [1.807, 2.05) is 30.3 Å². The van der Waals surface area contributed by atoms with E-state index in [1.54, 1.807) is 11.9 Å². The molecule has 154 valence electrons. The minimum Gasteiger partial charge on any atom is -0.337 e. The van der Waals surface area contributed by atoms with Crippen molar-refractivity contribution in [3.63, 3.8) is 0 Å². The van der Waals surface area contributed by atoms with Crippen LogP contribution in [0, 0.1) is 17.5 Å². The summed E-state index contributed by atoms with van der Waals surface area (Å²) in [7, 11) is 1.70. The van der Waals surface area contributed by atoms with Gasteiger partial charge in [-0.25, -0.2) is 13.2 Å². The highest BCUT2D eigenvalue weighted by atomic mass is 19.2. The van der Waals surface area contributed by atoms with E-state index in [0.29, 0.717) is 18.0 Å². The number of likely N-dealkylation sites (N-methyl/N-ethyl adjacent to an activating group) is 1. The number of nitrogens with zero attached hydrogens (tertiary/aromatic N) is 1. The molecule has 2 N–H and O–H groups in total. The van der Waals surface area contributed by atoms with Gasteiger partial charge in [-0.1, -0.05) is 30.3 Å². The Morgan fingerprint density at radius 1 is 1.03 bits per heavy atom. The third-order valence-corrected chi connectivity index (χ3v) is 5.04. The number of amides is 2. The molecule has 0 aliphatic carbocycles. The summed E-state index contributed by atoms with van der Waals surface area (Å²) in [5, 5.41) is 2.26. The van der Waals surface area contributed by atoms with Crippen molar-refractivity contribution < 1.29 is 27.7 Å². The van der Waals surface area contributed by atoms with Gasteiger partial charge in [0.2, 0.25) is 0 Å². The van der Waals surface area contributed by atoms with Gasteiger partial charge in [-0.15, -0.1) is 0 Å². The molecule has 2 atom stereocenters. The molecule has 1 unspecified atom stereocenters. The number of anilines is 1. The number of hydrogen-bond donors (Lipinski definition) is 2. The van der Waals surface area contributed by atoms with Crippen molar-refractivity contribution in [1.29, 1.82) is 0 Å². The molecule has 3 rings (SSSR count). The van der Waals surface area contributed by atoms with Gasteiger partial charge in [-0.3, -0.25) is 9.59 Å². The lowest BCUT2D eigenvalue weighted by molar-refractivity contribution is -0.894. The largest absolute Gasteiger partial charge is 0.337 e. The van der Waals surface area contributed by atoms with Crippen LogP contribution in [-0.4, -0.2) is 43.4 Å². The van der Waals surface area contributed by atoms with E-state index in [0.717, 1.165) is 30.5 Å². The summed E-state index contributed by atoms with van der Waals surface area (Å²) in [6, 6.07) is 10.3. The zero-order chi connectivity index (χ0) is 21.0. The third-order valence-electron chi connectivity index (χ3n) is 5.04. The number of carbonyl (C=O) groups is 2. The maximum Gasteiger partial charge on any atom is 0.285 e. The number of rotatable bonds is 6. The molecule has 1 heterocycles. The molecular formula is C21H23F3N3O2+. The molecule has 2 amide bonds. The predicted molar refractivity (Wildman–Crippen MR) is 102 cm³/mol. The van der Waals surface area contributed by atoms with Gasteiger partial charge in [0.05, 0.1) is 12.7 Å². The fourth-order valence-corrected chi connectivity index (χ4v) is 3.58. The molecule has 1 fully saturated rings. The second-order valence-corrected chi connectivity index (χ2v) is 7.17. The monoisotopic (exact) mass is 406 g/mol. The summed E-state index contributed by atoms with van der Waals surface area (Å²) in [6.07, 6.45) is 1.89. The fourth-order valence-electron chi connectivity index (χ4n) is 3.58. The van der Waals surface area contributed by atoms with E-state index in [-0.39, 0.29) is 12.5 Å². The van der Waals surface area contributed by atoms with E-state index in [2.05, 4.69) is 5.32 Å². The molecule has 0 saturated carbocycles. The van der Waals surface area contributed by atoms with Crippen LogP contribution in [0.1, 0.15) is 24.4 Å². The molecule has 0 bridgehead atoms. The van der Waals surface area contributed by atoms with E-state index in [1.165, 1.54) is 0 Å². The Balaban J connectivity index is 1.75. The Morgan fingerprint density at radius 2 is 1.69 bits per heavy atom. The van der Waals surface area contributed by atoms with E-state index in [4.69, 9.17) is 0 Å². The molecule has 1 aliphatic heterocycles. The van der Waals surface area contributed by atoms with E-state index < -0.39 is 35.1 Å². The van der Waals surface area contributed by atoms with Crippen LogP contribution in [0.25, 0.3) is 0 Å². The summed E-state index contributed by atoms with van der Waals surface area (Å²) < 4.78 is 40.3. The smallest absolute Gasteiger partial charge is 0.285 e. The van der Waals surface area contributed by atoms with Gasteiger partial charge in [-0.05, 0) is 25.0 Å². The van der Waals surface area contributed by atoms with Crippen molar-refractivity contribution in [3.05, 3.63) is 65.5 Å². The summed E-state index contributed by atoms with van der Waals surface area (Å²) in [5.74, 6) is -5.11. The molecule has 8 heteroatoms. The van der Waals surface area contributed by atoms with Crippen molar-refractivity contribution in [1.82, 2.24) is 4.90 Å². The quantitative estimate of drug-likeness (QED) is 0.721. The summed E-state index contributed by atoms with van der Waals surface area (Å²) >= 11 is 0. The van der Waals surface area contributed by atoms with Crippen molar-refractivity contribution in [2.45, 2.75) is 18.9 Å². The zero-order valence-corrected chi connectivity index (χ0v) is 16.1. The SMILES string of the molecule is C[NH+](CC(=O)Nc1ccc(F)c(F)c1F)[C@@H](C(=O)N1CCCC1)c1ccccc1. The highest BCUT2D eigenvalue weighted by Crippen LogP contribution is 2.20. The van der Waals surface area contributed by atoms with Crippen molar-refractivity contribution >= 4 is 17.5 Å². The molecule has 29 heavy (non-hydrogen) atoms. The number of halogens is 3. The van der Waals surface area contributed by atoms with Crippen LogP contribution in [0.2, 0.25) is 0 Å². The van der Waals surface area contributed by atoms with Gasteiger partial charge in [0.1, 0.15) is 0 Å². The average Bonchev–Trinajstić information content (AvgIpc) is 3.24. The number of hydrogen-bond acceptors (Lipinski definition) is 2. The lowest BCUT2D eigenvalue weighted by Gasteiger charge is -2.28. The molecule has 0 aromatic heterocycles. The second-order valence-electron chi connectivity index (χ2n) is 7.17. The molecule has 0 radical (unpaired) electrons. The van der Waals surface area contributed by atoms with Crippen molar-refractivity contribution in [3.8, 4) is 0 Å². The first kappa shape index (κ1) is 20.9. The Kier molecular flexibility index (Phi) is 6.53. The van der Waals surface area contributed by atoms with Crippen molar-refractivity contribution in [2.24, 2.45) is 0 Å². The number of likely N-dealkylation sites (tertiary alicyclic amines) is 1. The highest BCUT2D eigenvalue weighted by Gasteiger charge is 2.35. The van der Waals surface area contributed by atoms with Crippen LogP contribution in [0.3, 0.4) is 0 Å². The Bertz CT molecular complexity index is 886. The maximum absolute atomic E-state index is 13.8. The number of carbonyl (C=O) groups excluding carboxylic acids is 2. The predicted octanol–water partition coefficient (Wildman–Crippen LogP) is 1.92. The highest BCUT2D eigenvalue weighted by molar-refractivity contribution is 5.92. The first-order valence-electron chi connectivity index (χ1n) is 9.48. The first-order valence-corrected chi connectivity index (χ1v) is 9.48. The van der Waals surface area contributed by atoms with Crippen LogP contribution >= 0.6 is 0 Å². The van der Waals surface area contributed by atoms with Gasteiger partial charge in [0, 0.05) is 18.7 Å². The molecule has 1 saturated heterocycles. The topological polar surface area (TPSA) is 53.9 Å². The zero-order valence-electron chi connectivity index (χ0n) is 16.1. The number of benzene rings is 2. The fraction of sp³-hybridized carbons (Fsp3) is 0.333. The van der Waals surface area contributed by atoms with Gasteiger partial charge in [-0.2, -0.15) is 0 Å². The summed E-state index contributed by atoms with van der Waals surface area (Å²) in [5.41, 5.74) is 0.331. The Labute approximate surface area is 167 Å². The maximum atomic E-state index is 13.8. The number of nitrogens with one attached hydrogen (secondary N) is 2. The minimum absolute atomic E-state index is 0.0713. The molecule has 1 aliphatic rings. The average molecular weight is 406 g/mol. The lowest BCUT2D eigenvalue weighted by Crippen LogP contribution is -3.11. The molecule has 0 spiro atoms. The van der Waals surface area contributed by atoms with Crippen LogP contribution in [0.4, 0.5) is 18.9 Å². The molecule has 5 nitrogen and oxygen atoms in total. The van der Waals surface area contributed by atoms with Gasteiger partial charge in [0.15, 0.2) is 30.0 Å². The van der Waals surface area contributed by atoms with Crippen LogP contribution in [0.15, 0.2) is 42.5 Å². The Hall–Kier alpha value is -2.87. The number of quaternary nitrogens is 1. The molecule has 2 aromatic carbocycles. The van der Waals surface area contributed by atoms with Gasteiger partial charge >= 0.3 is 0 Å².